The van der Waals surface area contributed by atoms with E-state index in [2.05, 4.69) is 15.4 Å². The monoisotopic (exact) mass is 336 g/mol. The van der Waals surface area contributed by atoms with E-state index in [0.29, 0.717) is 13.2 Å². The first-order valence-corrected chi connectivity index (χ1v) is 8.10. The molecule has 0 radical (unpaired) electrons. The molecule has 1 amide bonds. The molecule has 6 heteroatoms. The third-order valence-electron chi connectivity index (χ3n) is 3.82. The number of ether oxygens (including phenoxy) is 1. The highest BCUT2D eigenvalue weighted by molar-refractivity contribution is 5.79. The van der Waals surface area contributed by atoms with E-state index in [4.69, 9.17) is 4.74 Å². The van der Waals surface area contributed by atoms with E-state index in [1.165, 1.54) is 17.3 Å². The Morgan fingerprint density at radius 3 is 2.72 bits per heavy atom. The fourth-order valence-electron chi connectivity index (χ4n) is 2.39. The van der Waals surface area contributed by atoms with Crippen molar-refractivity contribution < 1.29 is 9.53 Å². The molecule has 1 heterocycles. The minimum absolute atomic E-state index is 0.101. The van der Waals surface area contributed by atoms with Crippen LogP contribution in [0, 0.1) is 0 Å². The molecule has 0 saturated heterocycles. The summed E-state index contributed by atoms with van der Waals surface area (Å²) in [5, 5.41) is 6.91. The molecular weight excluding hydrogens is 316 g/mol. The number of hydrogen-bond donors (Lipinski definition) is 1. The Bertz CT molecular complexity index is 803. The molecule has 1 N–H and O–H groups in total. The number of benzene rings is 2. The number of hydrogen-bond acceptors (Lipinski definition) is 4. The number of nitrogens with zero attached hydrogens (tertiary/aromatic N) is 3. The molecular formula is C19H20N4O2. The molecule has 0 saturated carbocycles. The third kappa shape index (κ3) is 4.67. The fraction of sp³-hybridized carbons (Fsp3) is 0.211. The van der Waals surface area contributed by atoms with Gasteiger partial charge >= 0.3 is 0 Å². The minimum atomic E-state index is -0.396. The number of nitrogens with one attached hydrogen (secondary N) is 1. The largest absolute Gasteiger partial charge is 0.489 e. The molecule has 0 aliphatic heterocycles. The van der Waals surface area contributed by atoms with Gasteiger partial charge in [-0.15, -0.1) is 0 Å². The molecule has 0 spiro atoms. The van der Waals surface area contributed by atoms with E-state index in [1.54, 1.807) is 6.92 Å². The van der Waals surface area contributed by atoms with Gasteiger partial charge in [-0.05, 0) is 30.2 Å². The normalized spacial score (nSPS) is 11.7. The summed E-state index contributed by atoms with van der Waals surface area (Å²) in [5.41, 5.74) is 2.08. The summed E-state index contributed by atoms with van der Waals surface area (Å²) in [5.74, 6) is 0.735. The van der Waals surface area contributed by atoms with Gasteiger partial charge in [-0.25, -0.2) is 9.67 Å². The lowest BCUT2D eigenvalue weighted by molar-refractivity contribution is -0.124. The first-order valence-electron chi connectivity index (χ1n) is 8.10. The van der Waals surface area contributed by atoms with Crippen molar-refractivity contribution in [2.45, 2.75) is 26.1 Å². The van der Waals surface area contributed by atoms with Gasteiger partial charge in [-0.2, -0.15) is 5.10 Å². The van der Waals surface area contributed by atoms with Crippen molar-refractivity contribution in [3.63, 3.8) is 0 Å². The van der Waals surface area contributed by atoms with Crippen molar-refractivity contribution in [1.29, 1.82) is 0 Å². The van der Waals surface area contributed by atoms with Crippen molar-refractivity contribution in [2.75, 3.05) is 0 Å². The molecule has 0 aliphatic carbocycles. The maximum atomic E-state index is 12.2. The van der Waals surface area contributed by atoms with Gasteiger partial charge in [0.2, 0.25) is 5.91 Å². The molecule has 3 rings (SSSR count). The molecule has 0 unspecified atom stereocenters. The summed E-state index contributed by atoms with van der Waals surface area (Å²) in [6.45, 7) is 2.73. The Labute approximate surface area is 146 Å². The van der Waals surface area contributed by atoms with Crippen LogP contribution in [0.2, 0.25) is 0 Å². The zero-order chi connectivity index (χ0) is 17.5. The quantitative estimate of drug-likeness (QED) is 0.720. The highest BCUT2D eigenvalue weighted by atomic mass is 16.5. The van der Waals surface area contributed by atoms with Crippen LogP contribution in [0.5, 0.6) is 5.75 Å². The second-order valence-electron chi connectivity index (χ2n) is 5.69. The smallest absolute Gasteiger partial charge is 0.244 e. The van der Waals surface area contributed by atoms with E-state index in [-0.39, 0.29) is 5.91 Å². The second-order valence-corrected chi connectivity index (χ2v) is 5.69. The summed E-state index contributed by atoms with van der Waals surface area (Å²) >= 11 is 0. The summed E-state index contributed by atoms with van der Waals surface area (Å²) in [6, 6.07) is 17.3. The number of rotatable bonds is 7. The van der Waals surface area contributed by atoms with Crippen LogP contribution in [0.4, 0.5) is 0 Å². The predicted octanol–water partition coefficient (Wildman–Crippen LogP) is 2.73. The first kappa shape index (κ1) is 16.7. The van der Waals surface area contributed by atoms with Crippen LogP contribution in [-0.2, 0) is 17.9 Å². The van der Waals surface area contributed by atoms with Gasteiger partial charge in [0, 0.05) is 6.54 Å². The average molecular weight is 336 g/mol. The maximum absolute atomic E-state index is 12.2. The van der Waals surface area contributed by atoms with Gasteiger partial charge in [0.25, 0.3) is 0 Å². The molecule has 0 bridgehead atoms. The predicted molar refractivity (Wildman–Crippen MR) is 93.8 cm³/mol. The Kier molecular flexibility index (Phi) is 5.41. The molecule has 1 aromatic heterocycles. The SMILES string of the molecule is C[C@@H](C(=O)NCc1cccc(COc2ccccc2)c1)n1cncn1. The molecule has 2 aromatic carbocycles. The van der Waals surface area contributed by atoms with Crippen LogP contribution in [0.1, 0.15) is 24.1 Å². The Hall–Kier alpha value is -3.15. The standard InChI is InChI=1S/C19H20N4O2/c1-15(23-14-20-13-22-23)19(24)21-11-16-6-5-7-17(10-16)12-25-18-8-3-2-4-9-18/h2-10,13-15H,11-12H2,1H3,(H,21,24)/t15-/m0/s1. The summed E-state index contributed by atoms with van der Waals surface area (Å²) in [7, 11) is 0. The summed E-state index contributed by atoms with van der Waals surface area (Å²) in [6.07, 6.45) is 2.95. The van der Waals surface area contributed by atoms with E-state index >= 15 is 0 Å². The van der Waals surface area contributed by atoms with Gasteiger partial charge in [0.1, 0.15) is 31.1 Å². The van der Waals surface area contributed by atoms with E-state index in [9.17, 15) is 4.79 Å². The number of amides is 1. The zero-order valence-electron chi connectivity index (χ0n) is 14.0. The number of aromatic nitrogens is 3. The highest BCUT2D eigenvalue weighted by Crippen LogP contribution is 2.13. The molecule has 128 valence electrons. The van der Waals surface area contributed by atoms with Gasteiger partial charge in [-0.1, -0.05) is 42.5 Å². The molecule has 6 nitrogen and oxygen atoms in total. The van der Waals surface area contributed by atoms with Gasteiger partial charge in [-0.3, -0.25) is 4.79 Å². The van der Waals surface area contributed by atoms with Crippen LogP contribution in [-0.4, -0.2) is 20.7 Å². The fourth-order valence-corrected chi connectivity index (χ4v) is 2.39. The van der Waals surface area contributed by atoms with Crippen LogP contribution >= 0.6 is 0 Å². The van der Waals surface area contributed by atoms with Gasteiger partial charge in [0.05, 0.1) is 0 Å². The van der Waals surface area contributed by atoms with Crippen LogP contribution in [0.25, 0.3) is 0 Å². The number of para-hydroxylation sites is 1. The molecule has 0 aliphatic rings. The lowest BCUT2D eigenvalue weighted by Crippen LogP contribution is -2.30. The van der Waals surface area contributed by atoms with E-state index in [0.717, 1.165) is 16.9 Å². The third-order valence-corrected chi connectivity index (χ3v) is 3.82. The van der Waals surface area contributed by atoms with Crippen molar-refractivity contribution in [2.24, 2.45) is 0 Å². The summed E-state index contributed by atoms with van der Waals surface area (Å²) < 4.78 is 7.28. The molecule has 0 fully saturated rings. The lowest BCUT2D eigenvalue weighted by atomic mass is 10.1. The van der Waals surface area contributed by atoms with Crippen LogP contribution < -0.4 is 10.1 Å². The van der Waals surface area contributed by atoms with Crippen molar-refractivity contribution in [1.82, 2.24) is 20.1 Å². The highest BCUT2D eigenvalue weighted by Gasteiger charge is 2.14. The van der Waals surface area contributed by atoms with Crippen LogP contribution in [0.3, 0.4) is 0 Å². The molecule has 1 atom stereocenters. The maximum Gasteiger partial charge on any atom is 0.244 e. The van der Waals surface area contributed by atoms with Gasteiger partial charge in [0.15, 0.2) is 0 Å². The Morgan fingerprint density at radius 2 is 1.96 bits per heavy atom. The molecule has 3 aromatic rings. The Morgan fingerprint density at radius 1 is 1.16 bits per heavy atom. The van der Waals surface area contributed by atoms with Crippen molar-refractivity contribution in [3.05, 3.63) is 78.4 Å². The first-order chi connectivity index (χ1) is 12.2. The van der Waals surface area contributed by atoms with E-state index in [1.807, 2.05) is 54.6 Å². The minimum Gasteiger partial charge on any atom is -0.489 e. The topological polar surface area (TPSA) is 69.0 Å². The molecule has 25 heavy (non-hydrogen) atoms. The lowest BCUT2D eigenvalue weighted by Gasteiger charge is -2.13. The average Bonchev–Trinajstić information content (AvgIpc) is 3.20. The number of carbonyl (C=O) groups excluding carboxylic acids is 1. The van der Waals surface area contributed by atoms with Crippen molar-refractivity contribution >= 4 is 5.91 Å². The Balaban J connectivity index is 1.54. The second kappa shape index (κ2) is 8.10. The van der Waals surface area contributed by atoms with E-state index < -0.39 is 6.04 Å². The number of carbonyl (C=O) groups is 1. The summed E-state index contributed by atoms with van der Waals surface area (Å²) in [4.78, 5) is 16.0. The zero-order valence-corrected chi connectivity index (χ0v) is 14.0. The van der Waals surface area contributed by atoms with Gasteiger partial charge < -0.3 is 10.1 Å². The van der Waals surface area contributed by atoms with Crippen LogP contribution in [0.15, 0.2) is 67.3 Å². The van der Waals surface area contributed by atoms with Crippen molar-refractivity contribution in [3.8, 4) is 5.75 Å².